The van der Waals surface area contributed by atoms with Gasteiger partial charge < -0.3 is 10.6 Å². The van der Waals surface area contributed by atoms with Gasteiger partial charge in [0, 0.05) is 17.8 Å². The van der Waals surface area contributed by atoms with E-state index in [9.17, 15) is 9.59 Å². The maximum Gasteiger partial charge on any atom is 0.274 e. The standard InChI is InChI=1S/C19H19Cl2N3O2/c20-14-7-4-8-15(21)17(14)24-19(26)16-11-12(9-10-22-16)18(25)23-13-5-2-1-3-6-13/h4,7-11,13H,1-3,5-6H2,(H,23,25)(H,24,26). The van der Waals surface area contributed by atoms with E-state index in [1.54, 1.807) is 24.3 Å². The second-order valence-electron chi connectivity index (χ2n) is 6.29. The van der Waals surface area contributed by atoms with Gasteiger partial charge in [-0.15, -0.1) is 0 Å². The van der Waals surface area contributed by atoms with E-state index in [1.165, 1.54) is 18.7 Å². The number of para-hydroxylation sites is 1. The van der Waals surface area contributed by atoms with Crippen molar-refractivity contribution in [1.82, 2.24) is 10.3 Å². The van der Waals surface area contributed by atoms with Crippen molar-refractivity contribution in [2.24, 2.45) is 0 Å². The molecule has 1 saturated carbocycles. The number of nitrogens with zero attached hydrogens (tertiary/aromatic N) is 1. The molecule has 3 rings (SSSR count). The number of benzene rings is 1. The molecule has 0 radical (unpaired) electrons. The lowest BCUT2D eigenvalue weighted by molar-refractivity contribution is 0.0927. The van der Waals surface area contributed by atoms with Crippen LogP contribution in [-0.2, 0) is 0 Å². The molecule has 1 fully saturated rings. The van der Waals surface area contributed by atoms with Crippen molar-refractivity contribution < 1.29 is 9.59 Å². The molecule has 136 valence electrons. The first kappa shape index (κ1) is 18.7. The third kappa shape index (κ3) is 4.54. The molecule has 0 bridgehead atoms. The Bertz CT molecular complexity index is 800. The van der Waals surface area contributed by atoms with Gasteiger partial charge in [-0.25, -0.2) is 0 Å². The number of carbonyl (C=O) groups excluding carboxylic acids is 2. The van der Waals surface area contributed by atoms with Gasteiger partial charge in [-0.05, 0) is 37.1 Å². The van der Waals surface area contributed by atoms with Crippen LogP contribution < -0.4 is 10.6 Å². The van der Waals surface area contributed by atoms with Crippen molar-refractivity contribution in [2.75, 3.05) is 5.32 Å². The normalized spacial score (nSPS) is 14.7. The van der Waals surface area contributed by atoms with Crippen LogP contribution >= 0.6 is 23.2 Å². The predicted molar refractivity (Wildman–Crippen MR) is 103 cm³/mol. The summed E-state index contributed by atoms with van der Waals surface area (Å²) in [6.45, 7) is 0. The van der Waals surface area contributed by atoms with Crippen LogP contribution in [0.3, 0.4) is 0 Å². The first-order chi connectivity index (χ1) is 12.5. The Morgan fingerprint density at radius 2 is 1.69 bits per heavy atom. The topological polar surface area (TPSA) is 71.1 Å². The van der Waals surface area contributed by atoms with Crippen LogP contribution in [0.5, 0.6) is 0 Å². The maximum absolute atomic E-state index is 12.5. The molecule has 1 aliphatic rings. The molecular formula is C19H19Cl2N3O2. The summed E-state index contributed by atoms with van der Waals surface area (Å²) in [4.78, 5) is 28.9. The molecule has 2 amide bonds. The lowest BCUT2D eigenvalue weighted by atomic mass is 9.95. The Hall–Kier alpha value is -2.11. The van der Waals surface area contributed by atoms with E-state index < -0.39 is 5.91 Å². The van der Waals surface area contributed by atoms with Crippen LogP contribution in [0, 0.1) is 0 Å². The molecule has 1 aliphatic carbocycles. The van der Waals surface area contributed by atoms with Gasteiger partial charge in [0.15, 0.2) is 0 Å². The van der Waals surface area contributed by atoms with Crippen molar-refractivity contribution in [3.8, 4) is 0 Å². The Balaban J connectivity index is 1.72. The van der Waals surface area contributed by atoms with Crippen LogP contribution in [0.1, 0.15) is 53.0 Å². The third-order valence-electron chi connectivity index (χ3n) is 4.40. The molecule has 1 aromatic heterocycles. The summed E-state index contributed by atoms with van der Waals surface area (Å²) < 4.78 is 0. The lowest BCUT2D eigenvalue weighted by Gasteiger charge is -2.22. The number of nitrogens with one attached hydrogen (secondary N) is 2. The van der Waals surface area contributed by atoms with Gasteiger partial charge in [0.2, 0.25) is 0 Å². The highest BCUT2D eigenvalue weighted by molar-refractivity contribution is 6.40. The number of anilines is 1. The Labute approximate surface area is 162 Å². The second-order valence-corrected chi connectivity index (χ2v) is 7.10. The number of amides is 2. The summed E-state index contributed by atoms with van der Waals surface area (Å²) >= 11 is 12.1. The van der Waals surface area contributed by atoms with Gasteiger partial charge in [0.1, 0.15) is 5.69 Å². The molecule has 26 heavy (non-hydrogen) atoms. The summed E-state index contributed by atoms with van der Waals surface area (Å²) in [5, 5.41) is 6.34. The molecule has 5 nitrogen and oxygen atoms in total. The molecule has 1 aromatic carbocycles. The van der Waals surface area contributed by atoms with Crippen LogP contribution in [0.25, 0.3) is 0 Å². The zero-order valence-electron chi connectivity index (χ0n) is 14.1. The fraction of sp³-hybridized carbons (Fsp3) is 0.316. The zero-order valence-corrected chi connectivity index (χ0v) is 15.6. The number of pyridine rings is 1. The zero-order chi connectivity index (χ0) is 18.5. The molecule has 0 aliphatic heterocycles. The fourth-order valence-electron chi connectivity index (χ4n) is 3.01. The van der Waals surface area contributed by atoms with E-state index in [-0.39, 0.29) is 17.6 Å². The Morgan fingerprint density at radius 1 is 1.00 bits per heavy atom. The van der Waals surface area contributed by atoms with Crippen molar-refractivity contribution in [2.45, 2.75) is 38.1 Å². The van der Waals surface area contributed by atoms with Gasteiger partial charge in [-0.1, -0.05) is 48.5 Å². The van der Waals surface area contributed by atoms with E-state index in [1.807, 2.05) is 0 Å². The largest absolute Gasteiger partial charge is 0.349 e. The van der Waals surface area contributed by atoms with Crippen LogP contribution in [-0.4, -0.2) is 22.8 Å². The highest BCUT2D eigenvalue weighted by atomic mass is 35.5. The predicted octanol–water partition coefficient (Wildman–Crippen LogP) is 4.70. The second kappa shape index (κ2) is 8.52. The molecule has 0 spiro atoms. The fourth-order valence-corrected chi connectivity index (χ4v) is 3.50. The molecule has 1 heterocycles. The van der Waals surface area contributed by atoms with Crippen LogP contribution in [0.4, 0.5) is 5.69 Å². The minimum Gasteiger partial charge on any atom is -0.349 e. The lowest BCUT2D eigenvalue weighted by Crippen LogP contribution is -2.36. The first-order valence-corrected chi connectivity index (χ1v) is 9.32. The van der Waals surface area contributed by atoms with Gasteiger partial charge in [0.25, 0.3) is 11.8 Å². The smallest absolute Gasteiger partial charge is 0.274 e. The summed E-state index contributed by atoms with van der Waals surface area (Å²) in [7, 11) is 0. The Morgan fingerprint density at radius 3 is 2.38 bits per heavy atom. The van der Waals surface area contributed by atoms with E-state index in [0.29, 0.717) is 21.3 Å². The minimum atomic E-state index is -0.479. The summed E-state index contributed by atoms with van der Waals surface area (Å²) in [6.07, 6.45) is 6.92. The number of rotatable bonds is 4. The molecule has 0 saturated heterocycles. The number of carbonyl (C=O) groups is 2. The number of hydrogen-bond acceptors (Lipinski definition) is 3. The van der Waals surface area contributed by atoms with E-state index in [2.05, 4.69) is 15.6 Å². The Kier molecular flexibility index (Phi) is 6.12. The van der Waals surface area contributed by atoms with Crippen molar-refractivity contribution in [3.05, 3.63) is 57.8 Å². The summed E-state index contributed by atoms with van der Waals surface area (Å²) in [5.41, 5.74) is 0.845. The van der Waals surface area contributed by atoms with Gasteiger partial charge in [-0.3, -0.25) is 14.6 Å². The average Bonchev–Trinajstić information content (AvgIpc) is 2.65. The highest BCUT2D eigenvalue weighted by Crippen LogP contribution is 2.30. The average molecular weight is 392 g/mol. The molecule has 0 unspecified atom stereocenters. The van der Waals surface area contributed by atoms with E-state index >= 15 is 0 Å². The van der Waals surface area contributed by atoms with Crippen LogP contribution in [0.15, 0.2) is 36.5 Å². The molecule has 2 aromatic rings. The monoisotopic (exact) mass is 391 g/mol. The van der Waals surface area contributed by atoms with Gasteiger partial charge in [-0.2, -0.15) is 0 Å². The van der Waals surface area contributed by atoms with E-state index in [4.69, 9.17) is 23.2 Å². The van der Waals surface area contributed by atoms with Crippen molar-refractivity contribution in [3.63, 3.8) is 0 Å². The minimum absolute atomic E-state index is 0.122. The van der Waals surface area contributed by atoms with Crippen molar-refractivity contribution in [1.29, 1.82) is 0 Å². The summed E-state index contributed by atoms with van der Waals surface area (Å²) in [6, 6.07) is 8.21. The summed E-state index contributed by atoms with van der Waals surface area (Å²) in [5.74, 6) is -0.670. The van der Waals surface area contributed by atoms with Gasteiger partial charge >= 0.3 is 0 Å². The molecule has 0 atom stereocenters. The SMILES string of the molecule is O=C(NC1CCCCC1)c1ccnc(C(=O)Nc2c(Cl)cccc2Cl)c1. The molecule has 2 N–H and O–H groups in total. The quantitative estimate of drug-likeness (QED) is 0.792. The van der Waals surface area contributed by atoms with Gasteiger partial charge in [0.05, 0.1) is 15.7 Å². The maximum atomic E-state index is 12.5. The number of aromatic nitrogens is 1. The first-order valence-electron chi connectivity index (χ1n) is 8.57. The highest BCUT2D eigenvalue weighted by Gasteiger charge is 2.18. The van der Waals surface area contributed by atoms with Crippen molar-refractivity contribution >= 4 is 40.7 Å². The number of halogens is 2. The molecular weight excluding hydrogens is 373 g/mol. The number of hydrogen-bond donors (Lipinski definition) is 2. The van der Waals surface area contributed by atoms with Crippen LogP contribution in [0.2, 0.25) is 10.0 Å². The third-order valence-corrected chi connectivity index (χ3v) is 5.03. The molecule has 7 heteroatoms. The van der Waals surface area contributed by atoms with E-state index in [0.717, 1.165) is 25.7 Å².